The van der Waals surface area contributed by atoms with Crippen molar-refractivity contribution in [3.63, 3.8) is 0 Å². The van der Waals surface area contributed by atoms with Crippen LogP contribution >= 0.6 is 0 Å². The largest absolute Gasteiger partial charge is 0.464 e. The monoisotopic (exact) mass is 212 g/mol. The maximum atomic E-state index is 5.58. The van der Waals surface area contributed by atoms with Crippen LogP contribution in [-0.4, -0.2) is 11.5 Å². The molecule has 3 nitrogen and oxygen atoms in total. The van der Waals surface area contributed by atoms with Gasteiger partial charge < -0.3 is 10.2 Å². The predicted molar refractivity (Wildman–Crippen MR) is 64.3 cm³/mol. The number of pyridine rings is 1. The summed E-state index contributed by atoms with van der Waals surface area (Å²) in [5, 5.41) is 3.44. The lowest BCUT2D eigenvalue weighted by molar-refractivity contribution is 0.616. The fourth-order valence-electron chi connectivity index (χ4n) is 2.03. The zero-order valence-corrected chi connectivity index (χ0v) is 8.81. The van der Waals surface area contributed by atoms with Crippen LogP contribution in [0.3, 0.4) is 0 Å². The van der Waals surface area contributed by atoms with Gasteiger partial charge in [0.05, 0.1) is 6.26 Å². The molecule has 0 fully saturated rings. The Balaban J connectivity index is 2.35. The molecule has 3 heteroatoms. The standard InChI is InChI=1S/C13H12N2O/c14-4-1-12-11-8-13-10(3-6-16-13)7-9(11)2-5-15-12/h2-3,5-8H,1,4,14H2. The van der Waals surface area contributed by atoms with Crippen molar-refractivity contribution in [2.45, 2.75) is 6.42 Å². The first-order chi connectivity index (χ1) is 7.88. The molecule has 0 radical (unpaired) electrons. The van der Waals surface area contributed by atoms with Crippen LogP contribution in [0.25, 0.3) is 21.7 Å². The molecule has 3 rings (SSSR count). The third-order valence-corrected chi connectivity index (χ3v) is 2.80. The fraction of sp³-hybridized carbons (Fsp3) is 0.154. The van der Waals surface area contributed by atoms with Crippen molar-refractivity contribution in [2.75, 3.05) is 6.54 Å². The van der Waals surface area contributed by atoms with Crippen LogP contribution in [-0.2, 0) is 6.42 Å². The average Bonchev–Trinajstić information content (AvgIpc) is 2.74. The van der Waals surface area contributed by atoms with Gasteiger partial charge in [0.1, 0.15) is 5.58 Å². The molecule has 2 aromatic heterocycles. The molecule has 1 aromatic carbocycles. The number of hydrogen-bond donors (Lipinski definition) is 1. The van der Waals surface area contributed by atoms with Crippen molar-refractivity contribution >= 4 is 21.7 Å². The summed E-state index contributed by atoms with van der Waals surface area (Å²) in [6.45, 7) is 0.613. The van der Waals surface area contributed by atoms with Gasteiger partial charge >= 0.3 is 0 Å². The van der Waals surface area contributed by atoms with Gasteiger partial charge in [0, 0.05) is 29.1 Å². The van der Waals surface area contributed by atoms with E-state index in [4.69, 9.17) is 10.2 Å². The van der Waals surface area contributed by atoms with Crippen LogP contribution in [0, 0.1) is 0 Å². The predicted octanol–water partition coefficient (Wildman–Crippen LogP) is 2.48. The number of furan rings is 1. The molecule has 16 heavy (non-hydrogen) atoms. The molecule has 2 N–H and O–H groups in total. The minimum atomic E-state index is 0.613. The van der Waals surface area contributed by atoms with Crippen molar-refractivity contribution in [3.8, 4) is 0 Å². The molecule has 3 aromatic rings. The highest BCUT2D eigenvalue weighted by molar-refractivity contribution is 5.96. The molecule has 0 spiro atoms. The van der Waals surface area contributed by atoms with Gasteiger partial charge in [0.2, 0.25) is 0 Å². The van der Waals surface area contributed by atoms with E-state index in [0.717, 1.165) is 28.5 Å². The molecule has 0 bridgehead atoms. The van der Waals surface area contributed by atoms with E-state index < -0.39 is 0 Å². The molecule has 2 heterocycles. The van der Waals surface area contributed by atoms with Gasteiger partial charge in [-0.05, 0) is 36.2 Å². The van der Waals surface area contributed by atoms with E-state index in [9.17, 15) is 0 Å². The van der Waals surface area contributed by atoms with E-state index in [0.29, 0.717) is 6.54 Å². The molecule has 0 atom stereocenters. The first-order valence-electron chi connectivity index (χ1n) is 5.33. The molecule has 0 saturated carbocycles. The fourth-order valence-corrected chi connectivity index (χ4v) is 2.03. The van der Waals surface area contributed by atoms with Crippen molar-refractivity contribution in [1.29, 1.82) is 0 Å². The molecular formula is C13H12N2O. The minimum absolute atomic E-state index is 0.613. The molecule has 0 aliphatic rings. The van der Waals surface area contributed by atoms with E-state index >= 15 is 0 Å². The Morgan fingerprint density at radius 2 is 2.12 bits per heavy atom. The molecule has 0 saturated heterocycles. The van der Waals surface area contributed by atoms with Crippen LogP contribution < -0.4 is 5.73 Å². The van der Waals surface area contributed by atoms with Gasteiger partial charge in [-0.2, -0.15) is 0 Å². The van der Waals surface area contributed by atoms with Gasteiger partial charge in [0.15, 0.2) is 0 Å². The van der Waals surface area contributed by atoms with Gasteiger partial charge in [-0.25, -0.2) is 0 Å². The summed E-state index contributed by atoms with van der Waals surface area (Å²) in [6.07, 6.45) is 4.34. The number of nitrogens with two attached hydrogens (primary N) is 1. The quantitative estimate of drug-likeness (QED) is 0.710. The summed E-state index contributed by atoms with van der Waals surface area (Å²) in [4.78, 5) is 4.37. The summed E-state index contributed by atoms with van der Waals surface area (Å²) < 4.78 is 5.40. The van der Waals surface area contributed by atoms with Crippen LogP contribution in [0.4, 0.5) is 0 Å². The number of fused-ring (bicyclic) bond motifs is 2. The highest BCUT2D eigenvalue weighted by Gasteiger charge is 2.05. The summed E-state index contributed by atoms with van der Waals surface area (Å²) in [6, 6.07) is 8.15. The Morgan fingerprint density at radius 3 is 3.00 bits per heavy atom. The van der Waals surface area contributed by atoms with Crippen molar-refractivity contribution < 1.29 is 4.42 Å². The van der Waals surface area contributed by atoms with E-state index in [1.807, 2.05) is 24.4 Å². The third kappa shape index (κ3) is 1.37. The second kappa shape index (κ2) is 3.61. The second-order valence-electron chi connectivity index (χ2n) is 3.83. The zero-order chi connectivity index (χ0) is 11.0. The number of rotatable bonds is 2. The third-order valence-electron chi connectivity index (χ3n) is 2.80. The summed E-state index contributed by atoms with van der Waals surface area (Å²) in [5.74, 6) is 0. The Hall–Kier alpha value is -1.87. The van der Waals surface area contributed by atoms with E-state index in [2.05, 4.69) is 11.1 Å². The Bertz CT molecular complexity index is 643. The maximum Gasteiger partial charge on any atom is 0.134 e. The van der Waals surface area contributed by atoms with E-state index in [-0.39, 0.29) is 0 Å². The summed E-state index contributed by atoms with van der Waals surface area (Å²) in [5.41, 5.74) is 7.52. The highest BCUT2D eigenvalue weighted by atomic mass is 16.3. The molecule has 0 aliphatic carbocycles. The number of aromatic nitrogens is 1. The smallest absolute Gasteiger partial charge is 0.134 e. The second-order valence-corrected chi connectivity index (χ2v) is 3.83. The number of hydrogen-bond acceptors (Lipinski definition) is 3. The van der Waals surface area contributed by atoms with Crippen molar-refractivity contribution in [3.05, 3.63) is 42.4 Å². The molecule has 80 valence electrons. The lowest BCUT2D eigenvalue weighted by Gasteiger charge is -2.04. The molecular weight excluding hydrogens is 200 g/mol. The molecule has 0 aliphatic heterocycles. The Morgan fingerprint density at radius 1 is 1.19 bits per heavy atom. The summed E-state index contributed by atoms with van der Waals surface area (Å²) in [7, 11) is 0. The number of nitrogens with zero attached hydrogens (tertiary/aromatic N) is 1. The highest BCUT2D eigenvalue weighted by Crippen LogP contribution is 2.25. The van der Waals surface area contributed by atoms with E-state index in [1.165, 1.54) is 5.39 Å². The SMILES string of the molecule is NCCc1nccc2cc3ccoc3cc12. The maximum absolute atomic E-state index is 5.58. The van der Waals surface area contributed by atoms with Gasteiger partial charge in [0.25, 0.3) is 0 Å². The Kier molecular flexibility index (Phi) is 2.11. The normalized spacial score (nSPS) is 11.3. The van der Waals surface area contributed by atoms with Gasteiger partial charge in [-0.1, -0.05) is 0 Å². The lowest BCUT2D eigenvalue weighted by atomic mass is 10.1. The first kappa shape index (κ1) is 9.36. The molecule has 0 unspecified atom stereocenters. The van der Waals surface area contributed by atoms with Gasteiger partial charge in [-0.3, -0.25) is 4.98 Å². The first-order valence-corrected chi connectivity index (χ1v) is 5.33. The van der Waals surface area contributed by atoms with Crippen LogP contribution in [0.5, 0.6) is 0 Å². The zero-order valence-electron chi connectivity index (χ0n) is 8.81. The topological polar surface area (TPSA) is 52.0 Å². The van der Waals surface area contributed by atoms with Crippen molar-refractivity contribution in [2.24, 2.45) is 5.73 Å². The minimum Gasteiger partial charge on any atom is -0.464 e. The Labute approximate surface area is 92.9 Å². The summed E-state index contributed by atoms with van der Waals surface area (Å²) >= 11 is 0. The van der Waals surface area contributed by atoms with Crippen LogP contribution in [0.1, 0.15) is 5.69 Å². The van der Waals surface area contributed by atoms with Gasteiger partial charge in [-0.15, -0.1) is 0 Å². The van der Waals surface area contributed by atoms with Crippen molar-refractivity contribution in [1.82, 2.24) is 4.98 Å². The van der Waals surface area contributed by atoms with Crippen LogP contribution in [0.2, 0.25) is 0 Å². The lowest BCUT2D eigenvalue weighted by Crippen LogP contribution is -2.04. The van der Waals surface area contributed by atoms with E-state index in [1.54, 1.807) is 6.26 Å². The van der Waals surface area contributed by atoms with Crippen LogP contribution in [0.15, 0.2) is 41.1 Å². The average molecular weight is 212 g/mol. The molecule has 0 amide bonds. The number of benzene rings is 1.